The molecule has 2 aromatic rings. The van der Waals surface area contributed by atoms with Gasteiger partial charge in [-0.3, -0.25) is 4.79 Å². The molecule has 0 aliphatic carbocycles. The second-order valence-electron chi connectivity index (χ2n) is 4.08. The molecule has 1 amide bonds. The van der Waals surface area contributed by atoms with Crippen molar-refractivity contribution < 1.29 is 13.6 Å². The molecule has 1 aromatic carbocycles. The van der Waals surface area contributed by atoms with E-state index in [1.807, 2.05) is 0 Å². The first kappa shape index (κ1) is 12.3. The maximum atomic E-state index is 13.9. The van der Waals surface area contributed by atoms with Crippen LogP contribution in [0.4, 0.5) is 8.78 Å². The first-order chi connectivity index (χ1) is 8.43. The van der Waals surface area contributed by atoms with Crippen LogP contribution in [0.3, 0.4) is 0 Å². The van der Waals surface area contributed by atoms with E-state index in [1.54, 1.807) is 17.8 Å². The Hall–Kier alpha value is -2.17. The fourth-order valence-electron chi connectivity index (χ4n) is 1.98. The van der Waals surface area contributed by atoms with Gasteiger partial charge < -0.3 is 10.3 Å². The number of nitrogens with two attached hydrogens (primary N) is 1. The van der Waals surface area contributed by atoms with Gasteiger partial charge in [0.2, 0.25) is 0 Å². The molecule has 5 heteroatoms. The lowest BCUT2D eigenvalue weighted by Crippen LogP contribution is -2.12. The number of rotatable bonds is 2. The molecule has 18 heavy (non-hydrogen) atoms. The van der Waals surface area contributed by atoms with E-state index in [0.717, 1.165) is 12.1 Å². The van der Waals surface area contributed by atoms with Crippen molar-refractivity contribution in [3.8, 4) is 11.3 Å². The largest absolute Gasteiger partial charge is 0.366 e. The quantitative estimate of drug-likeness (QED) is 0.874. The molecule has 0 saturated carbocycles. The topological polar surface area (TPSA) is 48.0 Å². The number of carbonyl (C=O) groups excluding carboxylic acids is 1. The van der Waals surface area contributed by atoms with Crippen LogP contribution in [0.25, 0.3) is 11.3 Å². The summed E-state index contributed by atoms with van der Waals surface area (Å²) < 4.78 is 29.0. The van der Waals surface area contributed by atoms with Crippen LogP contribution in [-0.4, -0.2) is 10.5 Å². The molecule has 0 aliphatic rings. The number of primary amides is 1. The van der Waals surface area contributed by atoms with Crippen LogP contribution in [0.15, 0.2) is 24.4 Å². The van der Waals surface area contributed by atoms with Gasteiger partial charge in [-0.25, -0.2) is 8.78 Å². The molecule has 0 aliphatic heterocycles. The molecule has 0 radical (unpaired) electrons. The summed E-state index contributed by atoms with van der Waals surface area (Å²) >= 11 is 0. The molecular weight excluding hydrogens is 238 g/mol. The number of aryl methyl sites for hydroxylation is 1. The summed E-state index contributed by atoms with van der Waals surface area (Å²) in [7, 11) is 1.64. The summed E-state index contributed by atoms with van der Waals surface area (Å²) in [5.74, 6) is -1.78. The van der Waals surface area contributed by atoms with Crippen molar-refractivity contribution in [1.82, 2.24) is 4.57 Å². The summed E-state index contributed by atoms with van der Waals surface area (Å²) in [5, 5.41) is 0. The van der Waals surface area contributed by atoms with E-state index in [9.17, 15) is 13.6 Å². The third-order valence-corrected chi connectivity index (χ3v) is 2.92. The minimum Gasteiger partial charge on any atom is -0.366 e. The maximum Gasteiger partial charge on any atom is 0.250 e. The Morgan fingerprint density at radius 3 is 2.44 bits per heavy atom. The second kappa shape index (κ2) is 4.25. The Bertz CT molecular complexity index is 632. The zero-order chi connectivity index (χ0) is 13.4. The highest BCUT2D eigenvalue weighted by atomic mass is 19.1. The predicted molar refractivity (Wildman–Crippen MR) is 64.0 cm³/mol. The van der Waals surface area contributed by atoms with Gasteiger partial charge in [-0.2, -0.15) is 0 Å². The standard InChI is InChI=1S/C13H12F2N2O/c1-7-9(14)3-4-10(15)11(7)12-8(13(16)18)5-6-17(12)2/h3-6H,1-2H3,(H2,16,18). The number of carbonyl (C=O) groups is 1. The number of nitrogens with zero attached hydrogens (tertiary/aromatic N) is 1. The molecule has 0 atom stereocenters. The zero-order valence-electron chi connectivity index (χ0n) is 10.00. The fraction of sp³-hybridized carbons (Fsp3) is 0.154. The molecule has 0 spiro atoms. The highest BCUT2D eigenvalue weighted by Crippen LogP contribution is 2.31. The normalized spacial score (nSPS) is 10.7. The Kier molecular flexibility index (Phi) is 2.90. The van der Waals surface area contributed by atoms with Gasteiger partial charge in [0.25, 0.3) is 5.91 Å². The van der Waals surface area contributed by atoms with E-state index < -0.39 is 17.5 Å². The van der Waals surface area contributed by atoms with Crippen LogP contribution in [0.1, 0.15) is 15.9 Å². The van der Waals surface area contributed by atoms with Gasteiger partial charge in [-0.05, 0) is 30.7 Å². The number of benzene rings is 1. The molecule has 0 fully saturated rings. The molecule has 0 unspecified atom stereocenters. The van der Waals surface area contributed by atoms with Gasteiger partial charge in [0, 0.05) is 18.8 Å². The summed E-state index contributed by atoms with van der Waals surface area (Å²) in [6.45, 7) is 1.46. The monoisotopic (exact) mass is 250 g/mol. The summed E-state index contributed by atoms with van der Waals surface area (Å²) in [5.41, 5.74) is 5.91. The van der Waals surface area contributed by atoms with Gasteiger partial charge in [-0.1, -0.05) is 0 Å². The maximum absolute atomic E-state index is 13.9. The van der Waals surface area contributed by atoms with Crippen LogP contribution in [0, 0.1) is 18.6 Å². The van der Waals surface area contributed by atoms with Crippen molar-refractivity contribution in [3.63, 3.8) is 0 Å². The van der Waals surface area contributed by atoms with Crippen molar-refractivity contribution in [1.29, 1.82) is 0 Å². The second-order valence-corrected chi connectivity index (χ2v) is 4.08. The average Bonchev–Trinajstić information content (AvgIpc) is 2.67. The van der Waals surface area contributed by atoms with Crippen LogP contribution >= 0.6 is 0 Å². The fourth-order valence-corrected chi connectivity index (χ4v) is 1.98. The van der Waals surface area contributed by atoms with E-state index in [0.29, 0.717) is 0 Å². The van der Waals surface area contributed by atoms with Gasteiger partial charge >= 0.3 is 0 Å². The summed E-state index contributed by atoms with van der Waals surface area (Å²) in [4.78, 5) is 11.3. The minimum absolute atomic E-state index is 0.0660. The van der Waals surface area contributed by atoms with E-state index >= 15 is 0 Å². The number of amides is 1. The van der Waals surface area contributed by atoms with Crippen LogP contribution < -0.4 is 5.73 Å². The number of aromatic nitrogens is 1. The molecular formula is C13H12F2N2O. The molecule has 0 bridgehead atoms. The lowest BCUT2D eigenvalue weighted by atomic mass is 10.0. The first-order valence-corrected chi connectivity index (χ1v) is 5.33. The molecule has 94 valence electrons. The average molecular weight is 250 g/mol. The lowest BCUT2D eigenvalue weighted by Gasteiger charge is -2.11. The zero-order valence-corrected chi connectivity index (χ0v) is 10.00. The highest BCUT2D eigenvalue weighted by molar-refractivity contribution is 5.99. The first-order valence-electron chi connectivity index (χ1n) is 5.33. The SMILES string of the molecule is Cc1c(F)ccc(F)c1-c1c(C(N)=O)ccn1C. The molecule has 1 aromatic heterocycles. The third kappa shape index (κ3) is 1.77. The molecule has 2 rings (SSSR count). The van der Waals surface area contributed by atoms with Crippen molar-refractivity contribution in [2.24, 2.45) is 12.8 Å². The van der Waals surface area contributed by atoms with Gasteiger partial charge in [0.15, 0.2) is 0 Å². The van der Waals surface area contributed by atoms with Crippen molar-refractivity contribution in [3.05, 3.63) is 47.2 Å². The Morgan fingerprint density at radius 1 is 1.22 bits per heavy atom. The smallest absolute Gasteiger partial charge is 0.250 e. The van der Waals surface area contributed by atoms with Crippen molar-refractivity contribution >= 4 is 5.91 Å². The Morgan fingerprint density at radius 2 is 1.83 bits per heavy atom. The molecule has 1 heterocycles. The number of halogens is 2. The van der Waals surface area contributed by atoms with Crippen molar-refractivity contribution in [2.45, 2.75) is 6.92 Å². The van der Waals surface area contributed by atoms with Crippen LogP contribution in [0.5, 0.6) is 0 Å². The lowest BCUT2D eigenvalue weighted by molar-refractivity contribution is 0.100. The highest BCUT2D eigenvalue weighted by Gasteiger charge is 2.20. The van der Waals surface area contributed by atoms with Gasteiger partial charge in [-0.15, -0.1) is 0 Å². The van der Waals surface area contributed by atoms with E-state index in [-0.39, 0.29) is 22.4 Å². The molecule has 3 nitrogen and oxygen atoms in total. The number of hydrogen-bond acceptors (Lipinski definition) is 1. The van der Waals surface area contributed by atoms with E-state index in [2.05, 4.69) is 0 Å². The molecule has 0 saturated heterocycles. The molecule has 2 N–H and O–H groups in total. The van der Waals surface area contributed by atoms with Crippen molar-refractivity contribution in [2.75, 3.05) is 0 Å². The van der Waals surface area contributed by atoms with Crippen LogP contribution in [0.2, 0.25) is 0 Å². The number of hydrogen-bond donors (Lipinski definition) is 1. The van der Waals surface area contributed by atoms with Gasteiger partial charge in [0.1, 0.15) is 11.6 Å². The summed E-state index contributed by atoms with van der Waals surface area (Å²) in [6, 6.07) is 3.58. The third-order valence-electron chi connectivity index (χ3n) is 2.92. The van der Waals surface area contributed by atoms with Crippen LogP contribution in [-0.2, 0) is 7.05 Å². The Labute approximate surface area is 103 Å². The predicted octanol–water partition coefficient (Wildman–Crippen LogP) is 2.38. The minimum atomic E-state index is -0.673. The van der Waals surface area contributed by atoms with E-state index in [1.165, 1.54) is 13.0 Å². The van der Waals surface area contributed by atoms with E-state index in [4.69, 9.17) is 5.73 Å². The summed E-state index contributed by atoms with van der Waals surface area (Å²) in [6.07, 6.45) is 1.58. The van der Waals surface area contributed by atoms with Gasteiger partial charge in [0.05, 0.1) is 11.3 Å². The Balaban J connectivity index is 2.81.